The number of fused-ring (bicyclic) bond motifs is 1. The van der Waals surface area contributed by atoms with Gasteiger partial charge in [0, 0.05) is 40.6 Å². The van der Waals surface area contributed by atoms with Crippen LogP contribution in [0.4, 0.5) is 11.4 Å². The van der Waals surface area contributed by atoms with Gasteiger partial charge in [0.15, 0.2) is 0 Å². The van der Waals surface area contributed by atoms with E-state index in [1.165, 1.54) is 12.8 Å². The van der Waals surface area contributed by atoms with Crippen LogP contribution >= 0.6 is 0 Å². The maximum atomic E-state index is 11.5. The molecule has 1 saturated carbocycles. The summed E-state index contributed by atoms with van der Waals surface area (Å²) in [4.78, 5) is 17.8. The Kier molecular flexibility index (Phi) is 3.64. The summed E-state index contributed by atoms with van der Waals surface area (Å²) in [7, 11) is 0. The van der Waals surface area contributed by atoms with Crippen molar-refractivity contribution in [3.05, 3.63) is 30.6 Å². The minimum Gasteiger partial charge on any atom is -0.398 e. The largest absolute Gasteiger partial charge is 0.398 e. The molecule has 1 aliphatic carbocycles. The summed E-state index contributed by atoms with van der Waals surface area (Å²) in [5.41, 5.74) is 13.2. The highest BCUT2D eigenvalue weighted by molar-refractivity contribution is 6.01. The molecule has 1 heterocycles. The lowest BCUT2D eigenvalue weighted by molar-refractivity contribution is -0.116. The van der Waals surface area contributed by atoms with Crippen LogP contribution in [-0.2, 0) is 4.79 Å². The number of hydrogen-bond donors (Lipinski definition) is 2. The Morgan fingerprint density at radius 2 is 2.00 bits per heavy atom. The molecule has 1 aromatic carbocycles. The zero-order valence-electron chi connectivity index (χ0n) is 12.0. The molecule has 4 N–H and O–H groups in total. The first kappa shape index (κ1) is 13.7. The first-order valence-electron chi connectivity index (χ1n) is 7.34. The number of primary amides is 1. The number of aromatic nitrogens is 1. The van der Waals surface area contributed by atoms with Crippen LogP contribution in [0.2, 0.25) is 0 Å². The maximum absolute atomic E-state index is 11.5. The van der Waals surface area contributed by atoms with Crippen LogP contribution in [0.5, 0.6) is 0 Å². The summed E-state index contributed by atoms with van der Waals surface area (Å²) in [5.74, 6) is -0.309. The standard InChI is InChI=1S/C16H20N4O/c17-14-5-6-15(13-9-19-8-7-12(13)14)20(10-16(18)21)11-3-1-2-4-11/h5-9,11H,1-4,10,17H2,(H2,18,21). The van der Waals surface area contributed by atoms with E-state index in [2.05, 4.69) is 9.88 Å². The fourth-order valence-corrected chi connectivity index (χ4v) is 3.24. The highest BCUT2D eigenvalue weighted by Gasteiger charge is 2.25. The third kappa shape index (κ3) is 2.63. The Morgan fingerprint density at radius 3 is 2.71 bits per heavy atom. The lowest BCUT2D eigenvalue weighted by Crippen LogP contribution is -2.40. The number of nitrogens with two attached hydrogens (primary N) is 2. The highest BCUT2D eigenvalue weighted by atomic mass is 16.1. The molecule has 1 aliphatic rings. The van der Waals surface area contributed by atoms with Crippen LogP contribution in [0.3, 0.4) is 0 Å². The van der Waals surface area contributed by atoms with Gasteiger partial charge in [-0.1, -0.05) is 12.8 Å². The summed E-state index contributed by atoms with van der Waals surface area (Å²) >= 11 is 0. The van der Waals surface area contributed by atoms with Crippen LogP contribution < -0.4 is 16.4 Å². The predicted molar refractivity (Wildman–Crippen MR) is 85.0 cm³/mol. The van der Waals surface area contributed by atoms with Gasteiger partial charge in [-0.3, -0.25) is 9.78 Å². The van der Waals surface area contributed by atoms with Crippen LogP contribution in [0.1, 0.15) is 25.7 Å². The maximum Gasteiger partial charge on any atom is 0.236 e. The van der Waals surface area contributed by atoms with Crippen molar-refractivity contribution >= 4 is 28.1 Å². The molecule has 5 nitrogen and oxygen atoms in total. The molecule has 21 heavy (non-hydrogen) atoms. The average molecular weight is 284 g/mol. The molecular formula is C16H20N4O. The number of pyridine rings is 1. The number of hydrogen-bond acceptors (Lipinski definition) is 4. The van der Waals surface area contributed by atoms with Gasteiger partial charge in [-0.15, -0.1) is 0 Å². The van der Waals surface area contributed by atoms with Crippen molar-refractivity contribution in [3.63, 3.8) is 0 Å². The van der Waals surface area contributed by atoms with Crippen LogP contribution in [-0.4, -0.2) is 23.5 Å². The molecule has 0 atom stereocenters. The zero-order valence-corrected chi connectivity index (χ0v) is 12.0. The van der Waals surface area contributed by atoms with Gasteiger partial charge in [-0.25, -0.2) is 0 Å². The second-order valence-corrected chi connectivity index (χ2v) is 5.63. The number of nitrogen functional groups attached to an aromatic ring is 1. The van der Waals surface area contributed by atoms with E-state index in [0.29, 0.717) is 6.04 Å². The van der Waals surface area contributed by atoms with Crippen molar-refractivity contribution in [2.75, 3.05) is 17.2 Å². The van der Waals surface area contributed by atoms with Crippen molar-refractivity contribution in [2.45, 2.75) is 31.7 Å². The number of carbonyl (C=O) groups is 1. The van der Waals surface area contributed by atoms with Gasteiger partial charge in [0.25, 0.3) is 0 Å². The fourth-order valence-electron chi connectivity index (χ4n) is 3.24. The Balaban J connectivity index is 2.10. The summed E-state index contributed by atoms with van der Waals surface area (Å²) in [6.45, 7) is 0.235. The monoisotopic (exact) mass is 284 g/mol. The molecule has 0 spiro atoms. The summed E-state index contributed by atoms with van der Waals surface area (Å²) in [6.07, 6.45) is 8.13. The van der Waals surface area contributed by atoms with Crippen molar-refractivity contribution in [1.29, 1.82) is 0 Å². The van der Waals surface area contributed by atoms with Crippen LogP contribution in [0, 0.1) is 0 Å². The molecule has 0 radical (unpaired) electrons. The molecule has 1 fully saturated rings. The normalized spacial score (nSPS) is 15.4. The molecule has 110 valence electrons. The smallest absolute Gasteiger partial charge is 0.236 e. The topological polar surface area (TPSA) is 85.2 Å². The molecule has 1 aromatic heterocycles. The van der Waals surface area contributed by atoms with Gasteiger partial charge in [0.1, 0.15) is 0 Å². The number of anilines is 2. The van der Waals surface area contributed by atoms with Gasteiger partial charge in [-0.05, 0) is 31.0 Å². The number of rotatable bonds is 4. The Hall–Kier alpha value is -2.30. The van der Waals surface area contributed by atoms with Crippen LogP contribution in [0.15, 0.2) is 30.6 Å². The third-order valence-corrected chi connectivity index (χ3v) is 4.23. The molecular weight excluding hydrogens is 264 g/mol. The molecule has 0 unspecified atom stereocenters. The van der Waals surface area contributed by atoms with E-state index in [1.807, 2.05) is 24.4 Å². The van der Waals surface area contributed by atoms with Crippen molar-refractivity contribution < 1.29 is 4.79 Å². The number of benzene rings is 1. The molecule has 5 heteroatoms. The van der Waals surface area contributed by atoms with E-state index in [4.69, 9.17) is 11.5 Å². The second kappa shape index (κ2) is 5.60. The third-order valence-electron chi connectivity index (χ3n) is 4.23. The van der Waals surface area contributed by atoms with Gasteiger partial charge in [0.2, 0.25) is 5.91 Å². The van der Waals surface area contributed by atoms with Crippen molar-refractivity contribution in [2.24, 2.45) is 5.73 Å². The minimum absolute atomic E-state index is 0.235. The Morgan fingerprint density at radius 1 is 1.24 bits per heavy atom. The molecule has 3 rings (SSSR count). The Bertz CT molecular complexity index is 664. The van der Waals surface area contributed by atoms with Crippen molar-refractivity contribution in [3.8, 4) is 0 Å². The lowest BCUT2D eigenvalue weighted by Gasteiger charge is -2.31. The summed E-state index contributed by atoms with van der Waals surface area (Å²) in [5, 5.41) is 1.95. The molecule has 0 bridgehead atoms. The van der Waals surface area contributed by atoms with Crippen molar-refractivity contribution in [1.82, 2.24) is 4.98 Å². The first-order chi connectivity index (χ1) is 10.2. The average Bonchev–Trinajstić information content (AvgIpc) is 3.00. The van der Waals surface area contributed by atoms with E-state index in [-0.39, 0.29) is 12.5 Å². The fraction of sp³-hybridized carbons (Fsp3) is 0.375. The number of carbonyl (C=O) groups excluding carboxylic acids is 1. The van der Waals surface area contributed by atoms with E-state index >= 15 is 0 Å². The first-order valence-corrected chi connectivity index (χ1v) is 7.34. The highest BCUT2D eigenvalue weighted by Crippen LogP contribution is 2.34. The summed E-state index contributed by atoms with van der Waals surface area (Å²) in [6, 6.07) is 6.14. The van der Waals surface area contributed by atoms with Crippen LogP contribution in [0.25, 0.3) is 10.8 Å². The van der Waals surface area contributed by atoms with Gasteiger partial charge in [0.05, 0.1) is 6.54 Å². The minimum atomic E-state index is -0.309. The zero-order chi connectivity index (χ0) is 14.8. The van der Waals surface area contributed by atoms with E-state index in [9.17, 15) is 4.79 Å². The summed E-state index contributed by atoms with van der Waals surface area (Å²) < 4.78 is 0. The second-order valence-electron chi connectivity index (χ2n) is 5.63. The molecule has 0 saturated heterocycles. The van der Waals surface area contributed by atoms with E-state index in [1.54, 1.807) is 6.20 Å². The van der Waals surface area contributed by atoms with E-state index in [0.717, 1.165) is 35.0 Å². The van der Waals surface area contributed by atoms with E-state index < -0.39 is 0 Å². The Labute approximate surface area is 123 Å². The van der Waals surface area contributed by atoms with Gasteiger partial charge >= 0.3 is 0 Å². The SMILES string of the molecule is NC(=O)CN(c1ccc(N)c2ccncc12)C1CCCC1. The van der Waals surface area contributed by atoms with Gasteiger partial charge in [-0.2, -0.15) is 0 Å². The van der Waals surface area contributed by atoms with Gasteiger partial charge < -0.3 is 16.4 Å². The molecule has 2 aromatic rings. The quantitative estimate of drug-likeness (QED) is 0.841. The molecule has 0 aliphatic heterocycles. The molecule has 1 amide bonds. The lowest BCUT2D eigenvalue weighted by atomic mass is 10.1. The number of amides is 1. The number of nitrogens with zero attached hydrogens (tertiary/aromatic N) is 2. The predicted octanol–water partition coefficient (Wildman–Crippen LogP) is 2.05.